The Morgan fingerprint density at radius 1 is 0.886 bits per heavy atom. The van der Waals surface area contributed by atoms with E-state index in [1.165, 1.54) is 25.0 Å². The summed E-state index contributed by atoms with van der Waals surface area (Å²) < 4.78 is 54.0. The van der Waals surface area contributed by atoms with E-state index in [1.807, 2.05) is 6.07 Å². The van der Waals surface area contributed by atoms with E-state index >= 15 is 0 Å². The van der Waals surface area contributed by atoms with Gasteiger partial charge in [-0.05, 0) is 60.8 Å². The largest absolute Gasteiger partial charge is 0.483 e. The summed E-state index contributed by atoms with van der Waals surface area (Å²) in [6, 6.07) is 15.1. The minimum absolute atomic E-state index is 0.0222. The second-order valence-electron chi connectivity index (χ2n) is 9.13. The molecule has 1 saturated carbocycles. The van der Waals surface area contributed by atoms with E-state index in [1.54, 1.807) is 30.3 Å². The third-order valence-corrected chi connectivity index (χ3v) is 6.64. The molecule has 0 unspecified atom stereocenters. The van der Waals surface area contributed by atoms with Crippen LogP contribution in [0.2, 0.25) is 0 Å². The van der Waals surface area contributed by atoms with E-state index in [0.717, 1.165) is 54.9 Å². The predicted octanol–water partition coefficient (Wildman–Crippen LogP) is 7.98. The van der Waals surface area contributed by atoms with Crippen molar-refractivity contribution in [2.24, 2.45) is 5.92 Å². The highest BCUT2D eigenvalue weighted by atomic mass is 19.1. The number of ether oxygens (including phenoxy) is 2. The van der Waals surface area contributed by atoms with Gasteiger partial charge in [-0.1, -0.05) is 56.2 Å². The normalized spacial score (nSPS) is 17.7. The Morgan fingerprint density at radius 3 is 2.20 bits per heavy atom. The first-order valence-corrected chi connectivity index (χ1v) is 12.1. The van der Waals surface area contributed by atoms with Crippen LogP contribution in [0.4, 0.5) is 13.2 Å². The van der Waals surface area contributed by atoms with Crippen molar-refractivity contribution in [2.45, 2.75) is 58.0 Å². The Balaban J connectivity index is 1.40. The van der Waals surface area contributed by atoms with Crippen LogP contribution in [0.1, 0.15) is 72.9 Å². The van der Waals surface area contributed by atoms with Crippen LogP contribution in [0.5, 0.6) is 11.5 Å². The molecule has 3 aromatic rings. The molecule has 0 atom stereocenters. The maximum atomic E-state index is 14.8. The van der Waals surface area contributed by atoms with Crippen LogP contribution in [0.15, 0.2) is 60.7 Å². The van der Waals surface area contributed by atoms with Crippen molar-refractivity contribution in [3.05, 3.63) is 94.8 Å². The highest BCUT2D eigenvalue weighted by molar-refractivity contribution is 5.91. The molecule has 3 aromatic carbocycles. The third-order valence-electron chi connectivity index (χ3n) is 6.64. The van der Waals surface area contributed by atoms with Crippen molar-refractivity contribution >= 4 is 5.97 Å². The topological polar surface area (TPSA) is 35.5 Å². The molecule has 35 heavy (non-hydrogen) atoms. The monoisotopic (exact) mass is 482 g/mol. The quantitative estimate of drug-likeness (QED) is 0.241. The highest BCUT2D eigenvalue weighted by Crippen LogP contribution is 2.38. The zero-order valence-corrected chi connectivity index (χ0v) is 19.7. The lowest BCUT2D eigenvalue weighted by molar-refractivity contribution is 0.0728. The van der Waals surface area contributed by atoms with Crippen molar-refractivity contribution in [3.63, 3.8) is 0 Å². The molecule has 0 bridgehead atoms. The molecule has 4 rings (SSSR count). The zero-order chi connectivity index (χ0) is 24.8. The molecule has 0 radical (unpaired) electrons. The Hall–Kier alpha value is -3.28. The van der Waals surface area contributed by atoms with Crippen LogP contribution >= 0.6 is 0 Å². The van der Waals surface area contributed by atoms with Gasteiger partial charge in [-0.25, -0.2) is 18.0 Å². The Morgan fingerprint density at radius 2 is 1.57 bits per heavy atom. The first-order chi connectivity index (χ1) is 16.9. The molecule has 0 amide bonds. The smallest absolute Gasteiger partial charge is 0.346 e. The van der Waals surface area contributed by atoms with Crippen LogP contribution in [-0.4, -0.2) is 5.97 Å². The highest BCUT2D eigenvalue weighted by Gasteiger charge is 2.24. The maximum absolute atomic E-state index is 14.8. The maximum Gasteiger partial charge on any atom is 0.346 e. The first kappa shape index (κ1) is 24.8. The number of carbonyl (C=O) groups is 1. The lowest BCUT2D eigenvalue weighted by Gasteiger charge is -2.28. The summed E-state index contributed by atoms with van der Waals surface area (Å²) >= 11 is 0. The fraction of sp³-hybridized carbons (Fsp3) is 0.345. The molecule has 1 fully saturated rings. The number of hydrogen-bond acceptors (Lipinski definition) is 3. The molecule has 6 heteroatoms. The number of esters is 1. The van der Waals surface area contributed by atoms with Crippen LogP contribution < -0.4 is 9.47 Å². The van der Waals surface area contributed by atoms with Gasteiger partial charge in [0.05, 0.1) is 5.56 Å². The van der Waals surface area contributed by atoms with Gasteiger partial charge >= 0.3 is 5.97 Å². The van der Waals surface area contributed by atoms with Gasteiger partial charge in [0.25, 0.3) is 0 Å². The molecule has 0 spiro atoms. The fourth-order valence-electron chi connectivity index (χ4n) is 4.77. The lowest BCUT2D eigenvalue weighted by Crippen LogP contribution is -2.15. The standard InChI is InChI=1S/C29H29F3O3/c1-2-6-19-9-11-21(12-10-19)22-13-14-24(25(30)15-22)29(33)35-23-16-26(31)28(27(32)17-23)34-18-20-7-4-3-5-8-20/h3-5,7-8,13-17,19,21H,2,6,9-12,18H2,1H3. The molecular formula is C29H29F3O3. The number of carbonyl (C=O) groups excluding carboxylic acids is 1. The molecule has 0 saturated heterocycles. The third kappa shape index (κ3) is 6.24. The summed E-state index contributed by atoms with van der Waals surface area (Å²) in [6.07, 6.45) is 6.68. The minimum Gasteiger partial charge on any atom is -0.483 e. The van der Waals surface area contributed by atoms with Crippen molar-refractivity contribution in [1.29, 1.82) is 0 Å². The molecule has 1 aliphatic rings. The molecular weight excluding hydrogens is 453 g/mol. The fourth-order valence-corrected chi connectivity index (χ4v) is 4.77. The molecule has 0 aliphatic heterocycles. The molecule has 0 heterocycles. The van der Waals surface area contributed by atoms with Crippen molar-refractivity contribution in [3.8, 4) is 11.5 Å². The molecule has 0 N–H and O–H groups in total. The minimum atomic E-state index is -1.02. The number of halogens is 3. The van der Waals surface area contributed by atoms with Gasteiger partial charge in [0.1, 0.15) is 18.2 Å². The molecule has 3 nitrogen and oxygen atoms in total. The summed E-state index contributed by atoms with van der Waals surface area (Å²) in [4.78, 5) is 12.5. The summed E-state index contributed by atoms with van der Waals surface area (Å²) in [5.74, 6) is -3.67. The number of benzene rings is 3. The molecule has 1 aliphatic carbocycles. The number of hydrogen-bond donors (Lipinski definition) is 0. The summed E-state index contributed by atoms with van der Waals surface area (Å²) in [6.45, 7) is 2.17. The van der Waals surface area contributed by atoms with E-state index < -0.39 is 29.2 Å². The Bertz CT molecular complexity index is 1130. The van der Waals surface area contributed by atoms with Gasteiger partial charge in [-0.2, -0.15) is 0 Å². The van der Waals surface area contributed by atoms with Crippen molar-refractivity contribution < 1.29 is 27.4 Å². The lowest BCUT2D eigenvalue weighted by atomic mass is 9.77. The molecule has 184 valence electrons. The van der Waals surface area contributed by atoms with Gasteiger partial charge in [-0.3, -0.25) is 0 Å². The van der Waals surface area contributed by atoms with E-state index in [4.69, 9.17) is 9.47 Å². The van der Waals surface area contributed by atoms with Crippen molar-refractivity contribution in [1.82, 2.24) is 0 Å². The van der Waals surface area contributed by atoms with E-state index in [2.05, 4.69) is 6.92 Å². The average molecular weight is 483 g/mol. The van der Waals surface area contributed by atoms with Crippen LogP contribution in [0.25, 0.3) is 0 Å². The SMILES string of the molecule is CCCC1CCC(c2ccc(C(=O)Oc3cc(F)c(OCc4ccccc4)c(F)c3)c(F)c2)CC1. The second kappa shape index (κ2) is 11.4. The van der Waals surface area contributed by atoms with E-state index in [-0.39, 0.29) is 23.8 Å². The van der Waals surface area contributed by atoms with Crippen LogP contribution in [0.3, 0.4) is 0 Å². The number of rotatable bonds is 8. The van der Waals surface area contributed by atoms with Gasteiger partial charge in [0.15, 0.2) is 17.4 Å². The van der Waals surface area contributed by atoms with E-state index in [0.29, 0.717) is 0 Å². The second-order valence-corrected chi connectivity index (χ2v) is 9.13. The summed E-state index contributed by atoms with van der Waals surface area (Å²) in [7, 11) is 0. The summed E-state index contributed by atoms with van der Waals surface area (Å²) in [5, 5.41) is 0. The van der Waals surface area contributed by atoms with Crippen LogP contribution in [-0.2, 0) is 6.61 Å². The van der Waals surface area contributed by atoms with Crippen molar-refractivity contribution in [2.75, 3.05) is 0 Å². The van der Waals surface area contributed by atoms with Gasteiger partial charge < -0.3 is 9.47 Å². The van der Waals surface area contributed by atoms with Gasteiger partial charge in [-0.15, -0.1) is 0 Å². The van der Waals surface area contributed by atoms with Crippen LogP contribution in [0, 0.1) is 23.4 Å². The van der Waals surface area contributed by atoms with Gasteiger partial charge in [0, 0.05) is 12.1 Å². The van der Waals surface area contributed by atoms with E-state index in [9.17, 15) is 18.0 Å². The predicted molar refractivity (Wildman–Crippen MR) is 128 cm³/mol. The Labute approximate surface area is 203 Å². The molecule has 0 aromatic heterocycles. The Kier molecular flexibility index (Phi) is 8.11. The average Bonchev–Trinajstić information content (AvgIpc) is 2.84. The first-order valence-electron chi connectivity index (χ1n) is 12.1. The summed E-state index contributed by atoms with van der Waals surface area (Å²) in [5.41, 5.74) is 1.33. The van der Waals surface area contributed by atoms with Gasteiger partial charge in [0.2, 0.25) is 0 Å². The zero-order valence-electron chi connectivity index (χ0n) is 19.7.